The van der Waals surface area contributed by atoms with Gasteiger partial charge in [0.25, 0.3) is 0 Å². The molecular weight excluding hydrogens is 262 g/mol. The van der Waals surface area contributed by atoms with Gasteiger partial charge in [-0.05, 0) is 23.6 Å². The third kappa shape index (κ3) is 3.90. The quantitative estimate of drug-likeness (QED) is 0.636. The van der Waals surface area contributed by atoms with E-state index in [0.29, 0.717) is 5.76 Å². The SMILES string of the molecule is CS(=O)(=O)N(C#Cc1ccco1)Cc1ccccc1. The first kappa shape index (κ1) is 13.2. The van der Waals surface area contributed by atoms with Crippen molar-refractivity contribution in [3.63, 3.8) is 0 Å². The highest BCUT2D eigenvalue weighted by Gasteiger charge is 2.13. The fraction of sp³-hybridized carbons (Fsp3) is 0.143. The van der Waals surface area contributed by atoms with E-state index in [-0.39, 0.29) is 6.54 Å². The van der Waals surface area contributed by atoms with Crippen LogP contribution in [0.2, 0.25) is 0 Å². The molecule has 0 saturated carbocycles. The van der Waals surface area contributed by atoms with Gasteiger partial charge in [0.15, 0.2) is 5.76 Å². The van der Waals surface area contributed by atoms with Crippen LogP contribution in [0.15, 0.2) is 53.1 Å². The maximum atomic E-state index is 11.7. The second-order valence-electron chi connectivity index (χ2n) is 3.97. The number of sulfonamides is 1. The van der Waals surface area contributed by atoms with Crippen molar-refractivity contribution in [1.82, 2.24) is 4.31 Å². The van der Waals surface area contributed by atoms with Crippen molar-refractivity contribution < 1.29 is 12.8 Å². The standard InChI is InChI=1S/C14H13NO3S/c1-19(16,17)15(10-9-14-8-5-11-18-14)12-13-6-3-2-4-7-13/h2-8,11H,12H2,1H3. The molecule has 0 radical (unpaired) electrons. The van der Waals surface area contributed by atoms with Crippen LogP contribution >= 0.6 is 0 Å². The van der Waals surface area contributed by atoms with E-state index >= 15 is 0 Å². The molecule has 0 N–H and O–H groups in total. The zero-order chi connectivity index (χ0) is 13.7. The van der Waals surface area contributed by atoms with Gasteiger partial charge in [-0.25, -0.2) is 12.7 Å². The van der Waals surface area contributed by atoms with Crippen molar-refractivity contribution in [2.24, 2.45) is 0 Å². The van der Waals surface area contributed by atoms with Crippen LogP contribution in [-0.4, -0.2) is 19.0 Å². The summed E-state index contributed by atoms with van der Waals surface area (Å²) in [4.78, 5) is 0. The smallest absolute Gasteiger partial charge is 0.239 e. The largest absolute Gasteiger partial charge is 0.456 e. The number of benzene rings is 1. The van der Waals surface area contributed by atoms with E-state index in [4.69, 9.17) is 4.42 Å². The number of rotatable bonds is 3. The minimum absolute atomic E-state index is 0.216. The summed E-state index contributed by atoms with van der Waals surface area (Å²) in [6, 6.07) is 15.3. The zero-order valence-corrected chi connectivity index (χ0v) is 11.2. The molecule has 2 rings (SSSR count). The molecule has 0 atom stereocenters. The Kier molecular flexibility index (Phi) is 3.93. The van der Waals surface area contributed by atoms with Crippen LogP contribution in [0.1, 0.15) is 11.3 Å². The molecule has 0 fully saturated rings. The van der Waals surface area contributed by atoms with E-state index in [1.54, 1.807) is 12.1 Å². The van der Waals surface area contributed by atoms with Crippen molar-refractivity contribution in [2.45, 2.75) is 6.54 Å². The Hall–Kier alpha value is -2.19. The minimum Gasteiger partial charge on any atom is -0.456 e. The van der Waals surface area contributed by atoms with Crippen LogP contribution in [0.25, 0.3) is 0 Å². The van der Waals surface area contributed by atoms with Crippen molar-refractivity contribution in [1.29, 1.82) is 0 Å². The average Bonchev–Trinajstić information content (AvgIpc) is 2.87. The van der Waals surface area contributed by atoms with Crippen LogP contribution in [0.4, 0.5) is 0 Å². The Bertz CT molecular complexity index is 679. The Labute approximate surface area is 112 Å². The Morgan fingerprint density at radius 2 is 1.89 bits per heavy atom. The highest BCUT2D eigenvalue weighted by atomic mass is 32.2. The van der Waals surface area contributed by atoms with Crippen molar-refractivity contribution in [3.8, 4) is 12.0 Å². The van der Waals surface area contributed by atoms with Gasteiger partial charge in [0, 0.05) is 6.04 Å². The highest BCUT2D eigenvalue weighted by molar-refractivity contribution is 7.88. The minimum atomic E-state index is -3.40. The second kappa shape index (κ2) is 5.63. The summed E-state index contributed by atoms with van der Waals surface area (Å²) >= 11 is 0. The molecule has 98 valence electrons. The molecule has 1 aromatic carbocycles. The molecule has 0 aliphatic heterocycles. The van der Waals surface area contributed by atoms with E-state index in [1.165, 1.54) is 6.26 Å². The predicted octanol–water partition coefficient (Wildman–Crippen LogP) is 2.05. The molecule has 0 unspecified atom stereocenters. The van der Waals surface area contributed by atoms with Gasteiger partial charge < -0.3 is 4.42 Å². The monoisotopic (exact) mass is 275 g/mol. The molecule has 0 amide bonds. The highest BCUT2D eigenvalue weighted by Crippen LogP contribution is 2.07. The number of furan rings is 1. The second-order valence-corrected chi connectivity index (χ2v) is 5.88. The summed E-state index contributed by atoms with van der Waals surface area (Å²) in [5.41, 5.74) is 0.877. The number of hydrogen-bond donors (Lipinski definition) is 0. The Morgan fingerprint density at radius 3 is 2.47 bits per heavy atom. The van der Waals surface area contributed by atoms with Crippen LogP contribution in [0.3, 0.4) is 0 Å². The Balaban J connectivity index is 2.23. The molecule has 0 bridgehead atoms. The lowest BCUT2D eigenvalue weighted by atomic mass is 10.2. The van der Waals surface area contributed by atoms with Gasteiger partial charge in [-0.2, -0.15) is 0 Å². The zero-order valence-electron chi connectivity index (χ0n) is 10.4. The lowest BCUT2D eigenvalue weighted by molar-refractivity contribution is 0.514. The van der Waals surface area contributed by atoms with Crippen molar-refractivity contribution in [2.75, 3.05) is 6.26 Å². The van der Waals surface area contributed by atoms with Gasteiger partial charge in [0.05, 0.1) is 19.1 Å². The fourth-order valence-corrected chi connectivity index (χ4v) is 2.05. The van der Waals surface area contributed by atoms with Gasteiger partial charge in [-0.3, -0.25) is 0 Å². The van der Waals surface area contributed by atoms with Gasteiger partial charge >= 0.3 is 0 Å². The van der Waals surface area contributed by atoms with E-state index in [9.17, 15) is 8.42 Å². The van der Waals surface area contributed by atoms with Crippen LogP contribution in [-0.2, 0) is 16.6 Å². The molecule has 0 saturated heterocycles. The molecule has 19 heavy (non-hydrogen) atoms. The third-order valence-electron chi connectivity index (χ3n) is 2.39. The van der Waals surface area contributed by atoms with Gasteiger partial charge in [0.1, 0.15) is 0 Å². The Morgan fingerprint density at radius 1 is 1.16 bits per heavy atom. The summed E-state index contributed by atoms with van der Waals surface area (Å²) in [7, 11) is -3.40. The first-order valence-electron chi connectivity index (χ1n) is 5.62. The number of nitrogens with zero attached hydrogens (tertiary/aromatic N) is 1. The topological polar surface area (TPSA) is 50.5 Å². The number of hydrogen-bond acceptors (Lipinski definition) is 3. The van der Waals surface area contributed by atoms with Crippen molar-refractivity contribution in [3.05, 3.63) is 60.1 Å². The van der Waals surface area contributed by atoms with Gasteiger partial charge in [-0.1, -0.05) is 30.3 Å². The van der Waals surface area contributed by atoms with E-state index in [1.807, 2.05) is 30.3 Å². The first-order valence-corrected chi connectivity index (χ1v) is 7.47. The summed E-state index contributed by atoms with van der Waals surface area (Å²) in [6.07, 6.45) is 2.62. The van der Waals surface area contributed by atoms with Crippen LogP contribution in [0.5, 0.6) is 0 Å². The maximum Gasteiger partial charge on any atom is 0.239 e. The molecule has 4 nitrogen and oxygen atoms in total. The van der Waals surface area contributed by atoms with E-state index in [0.717, 1.165) is 16.1 Å². The molecule has 1 aromatic heterocycles. The molecular formula is C14H13NO3S. The normalized spacial score (nSPS) is 10.6. The molecule has 0 spiro atoms. The molecule has 0 aliphatic carbocycles. The predicted molar refractivity (Wildman–Crippen MR) is 72.4 cm³/mol. The summed E-state index contributed by atoms with van der Waals surface area (Å²) in [5, 5.41) is 0. The van der Waals surface area contributed by atoms with Crippen molar-refractivity contribution >= 4 is 10.0 Å². The summed E-state index contributed by atoms with van der Waals surface area (Å²) < 4.78 is 29.5. The summed E-state index contributed by atoms with van der Waals surface area (Å²) in [5.74, 6) is 3.11. The van der Waals surface area contributed by atoms with Gasteiger partial charge in [0.2, 0.25) is 10.0 Å². The lowest BCUT2D eigenvalue weighted by Gasteiger charge is -2.14. The molecule has 1 heterocycles. The molecule has 2 aromatic rings. The summed E-state index contributed by atoms with van der Waals surface area (Å²) in [6.45, 7) is 0.216. The lowest BCUT2D eigenvalue weighted by Crippen LogP contribution is -2.24. The van der Waals surface area contributed by atoms with E-state index in [2.05, 4.69) is 12.0 Å². The van der Waals surface area contributed by atoms with Crippen LogP contribution < -0.4 is 0 Å². The molecule has 0 aliphatic rings. The molecule has 5 heteroatoms. The maximum absolute atomic E-state index is 11.7. The fourth-order valence-electron chi connectivity index (χ4n) is 1.46. The first-order chi connectivity index (χ1) is 9.05. The van der Waals surface area contributed by atoms with E-state index < -0.39 is 10.0 Å². The average molecular weight is 275 g/mol. The van der Waals surface area contributed by atoms with Gasteiger partial charge in [-0.15, -0.1) is 0 Å². The van der Waals surface area contributed by atoms with Crippen LogP contribution in [0, 0.1) is 12.0 Å². The third-order valence-corrected chi connectivity index (χ3v) is 3.42.